The van der Waals surface area contributed by atoms with E-state index < -0.39 is 20.5 Å². The Balaban J connectivity index is 1.66. The molecule has 7 nitrogen and oxygen atoms in total. The van der Waals surface area contributed by atoms with Gasteiger partial charge in [0.15, 0.2) is 8.32 Å². The summed E-state index contributed by atoms with van der Waals surface area (Å²) < 4.78 is 33.3. The molecule has 1 fully saturated rings. The fourth-order valence-electron chi connectivity index (χ4n) is 6.36. The fraction of sp³-hybridized carbons (Fsp3) is 0.512. The molecule has 1 aliphatic heterocycles. The van der Waals surface area contributed by atoms with Gasteiger partial charge in [0.05, 0.1) is 18.8 Å². The van der Waals surface area contributed by atoms with Crippen LogP contribution in [0.4, 0.5) is 9.18 Å². The zero-order valence-electron chi connectivity index (χ0n) is 31.3. The van der Waals surface area contributed by atoms with Crippen molar-refractivity contribution in [2.24, 2.45) is 0 Å². The van der Waals surface area contributed by atoms with Crippen LogP contribution in [-0.2, 0) is 13.9 Å². The standard InChI is InChI=1S/C41H57FN2O5Si/c1-9-10-24-48-40(46)43-36-27-44(28-37(36)49-50(7,8)41(3,4)5)39(45)32-19-14-17-30(26-32)33(20-11-12-23-47-6)34-21-15-22-35(42)38(34)31-18-13-16-29(2)25-31/h13-19,21-22,25-26,33,36-37H,9-12,20,23-24,27-28H2,1-8H3,(H,43,46)/t33?,36-,37+/m1/s1. The molecule has 1 N–H and O–H groups in total. The first-order chi connectivity index (χ1) is 23.8. The number of hydrogen-bond acceptors (Lipinski definition) is 5. The molecule has 2 amide bonds. The third-order valence-corrected chi connectivity index (χ3v) is 14.7. The third kappa shape index (κ3) is 10.0. The Morgan fingerprint density at radius 3 is 2.42 bits per heavy atom. The minimum absolute atomic E-state index is 0.0442. The molecule has 0 bridgehead atoms. The number of methoxy groups -OCH3 is 1. The summed E-state index contributed by atoms with van der Waals surface area (Å²) in [6.45, 7) is 16.6. The normalized spacial score (nSPS) is 17.1. The van der Waals surface area contributed by atoms with Gasteiger partial charge < -0.3 is 24.1 Å². The van der Waals surface area contributed by atoms with Crippen molar-refractivity contribution in [3.05, 3.63) is 94.8 Å². The van der Waals surface area contributed by atoms with Crippen LogP contribution in [0.3, 0.4) is 0 Å². The number of carbonyl (C=O) groups is 2. The van der Waals surface area contributed by atoms with E-state index in [9.17, 15) is 9.59 Å². The van der Waals surface area contributed by atoms with Gasteiger partial charge >= 0.3 is 6.09 Å². The number of benzene rings is 3. The van der Waals surface area contributed by atoms with Gasteiger partial charge in [0.25, 0.3) is 5.91 Å². The predicted molar refractivity (Wildman–Crippen MR) is 202 cm³/mol. The van der Waals surface area contributed by atoms with Crippen molar-refractivity contribution in [2.45, 2.75) is 103 Å². The third-order valence-electron chi connectivity index (χ3n) is 10.2. The first kappa shape index (κ1) is 39.3. The highest BCUT2D eigenvalue weighted by molar-refractivity contribution is 6.74. The van der Waals surface area contributed by atoms with Crippen molar-refractivity contribution in [2.75, 3.05) is 33.4 Å². The lowest BCUT2D eigenvalue weighted by Crippen LogP contribution is -2.51. The van der Waals surface area contributed by atoms with Crippen molar-refractivity contribution in [3.63, 3.8) is 0 Å². The molecule has 1 saturated heterocycles. The van der Waals surface area contributed by atoms with E-state index in [1.54, 1.807) is 18.1 Å². The highest BCUT2D eigenvalue weighted by Crippen LogP contribution is 2.40. The average Bonchev–Trinajstić information content (AvgIpc) is 3.44. The van der Waals surface area contributed by atoms with Crippen molar-refractivity contribution in [1.82, 2.24) is 10.2 Å². The number of ether oxygens (including phenoxy) is 2. The first-order valence-corrected chi connectivity index (χ1v) is 21.0. The number of amides is 2. The quantitative estimate of drug-likeness (QED) is 0.126. The second kappa shape index (κ2) is 17.6. The molecule has 1 aliphatic rings. The van der Waals surface area contributed by atoms with Crippen LogP contribution >= 0.6 is 0 Å². The van der Waals surface area contributed by atoms with Gasteiger partial charge in [-0.25, -0.2) is 9.18 Å². The van der Waals surface area contributed by atoms with Crippen LogP contribution in [0, 0.1) is 12.7 Å². The highest BCUT2D eigenvalue weighted by atomic mass is 28.4. The maximum absolute atomic E-state index is 15.7. The summed E-state index contributed by atoms with van der Waals surface area (Å²) in [4.78, 5) is 28.8. The van der Waals surface area contributed by atoms with Crippen LogP contribution in [0.5, 0.6) is 0 Å². The number of carbonyl (C=O) groups excluding carboxylic acids is 2. The summed E-state index contributed by atoms with van der Waals surface area (Å²) >= 11 is 0. The van der Waals surface area contributed by atoms with Crippen molar-refractivity contribution >= 4 is 20.3 Å². The molecule has 9 heteroatoms. The molecule has 3 atom stereocenters. The zero-order valence-corrected chi connectivity index (χ0v) is 32.3. The molecule has 0 aromatic heterocycles. The molecular formula is C41H57FN2O5Si. The molecule has 1 unspecified atom stereocenters. The summed E-state index contributed by atoms with van der Waals surface area (Å²) in [5, 5.41) is 2.97. The molecule has 4 rings (SSSR count). The largest absolute Gasteiger partial charge is 0.450 e. The second-order valence-corrected chi connectivity index (χ2v) is 19.9. The lowest BCUT2D eigenvalue weighted by Gasteiger charge is -2.39. The van der Waals surface area contributed by atoms with Crippen LogP contribution in [0.15, 0.2) is 66.7 Å². The Morgan fingerprint density at radius 2 is 1.72 bits per heavy atom. The SMILES string of the molecule is CCCCOC(=O)N[C@@H]1CN(C(=O)c2cccc(C(CCCCOC)c3cccc(F)c3-c3cccc(C)c3)c2)C[C@@H]1O[Si](C)(C)C(C)(C)C. The minimum atomic E-state index is -2.23. The maximum atomic E-state index is 15.7. The zero-order chi connectivity index (χ0) is 36.5. The minimum Gasteiger partial charge on any atom is -0.450 e. The number of halogens is 1. The number of hydrogen-bond donors (Lipinski definition) is 1. The molecule has 0 aliphatic carbocycles. The van der Waals surface area contributed by atoms with Crippen molar-refractivity contribution in [3.8, 4) is 11.1 Å². The predicted octanol–water partition coefficient (Wildman–Crippen LogP) is 9.49. The average molecular weight is 705 g/mol. The van der Waals surface area contributed by atoms with Gasteiger partial charge in [-0.15, -0.1) is 0 Å². The molecule has 272 valence electrons. The number of nitrogens with zero attached hydrogens (tertiary/aromatic N) is 1. The monoisotopic (exact) mass is 704 g/mol. The molecule has 1 heterocycles. The smallest absolute Gasteiger partial charge is 0.407 e. The lowest BCUT2D eigenvalue weighted by molar-refractivity contribution is 0.0768. The van der Waals surface area contributed by atoms with Crippen LogP contribution < -0.4 is 5.32 Å². The lowest BCUT2D eigenvalue weighted by atomic mass is 9.82. The van der Waals surface area contributed by atoms with Gasteiger partial charge in [0.2, 0.25) is 0 Å². The summed E-state index contributed by atoms with van der Waals surface area (Å²) in [6, 6.07) is 20.6. The Hall–Kier alpha value is -3.53. The summed E-state index contributed by atoms with van der Waals surface area (Å²) in [7, 11) is -0.530. The van der Waals surface area contributed by atoms with Crippen LogP contribution in [0.25, 0.3) is 11.1 Å². The van der Waals surface area contributed by atoms with Gasteiger partial charge in [-0.1, -0.05) is 94.6 Å². The Morgan fingerprint density at radius 1 is 0.980 bits per heavy atom. The first-order valence-electron chi connectivity index (χ1n) is 18.1. The number of likely N-dealkylation sites (tertiary alicyclic amines) is 1. The van der Waals surface area contributed by atoms with Crippen LogP contribution in [0.1, 0.15) is 92.8 Å². The van der Waals surface area contributed by atoms with E-state index in [0.717, 1.165) is 54.4 Å². The fourth-order valence-corrected chi connectivity index (χ4v) is 7.71. The van der Waals surface area contributed by atoms with E-state index in [4.69, 9.17) is 13.9 Å². The van der Waals surface area contributed by atoms with Gasteiger partial charge in [-0.3, -0.25) is 4.79 Å². The number of rotatable bonds is 15. The number of nitrogens with one attached hydrogen (secondary N) is 1. The Bertz CT molecular complexity index is 1590. The van der Waals surface area contributed by atoms with Gasteiger partial charge in [-0.05, 0) is 79.2 Å². The summed E-state index contributed by atoms with van der Waals surface area (Å²) in [5.74, 6) is -0.541. The van der Waals surface area contributed by atoms with Crippen LogP contribution in [-0.4, -0.2) is 70.8 Å². The van der Waals surface area contributed by atoms with E-state index in [2.05, 4.69) is 39.2 Å². The van der Waals surface area contributed by atoms with E-state index in [-0.39, 0.29) is 28.8 Å². The van der Waals surface area contributed by atoms with Gasteiger partial charge in [0, 0.05) is 43.9 Å². The molecule has 3 aromatic rings. The highest BCUT2D eigenvalue weighted by Gasteiger charge is 2.45. The summed E-state index contributed by atoms with van der Waals surface area (Å²) in [5.41, 5.74) is 4.89. The van der Waals surface area contributed by atoms with E-state index >= 15 is 4.39 Å². The maximum Gasteiger partial charge on any atom is 0.407 e. The Labute approximate surface area is 300 Å². The number of alkyl carbamates (subject to hydrolysis) is 1. The number of unbranched alkanes of at least 4 members (excludes halogenated alkanes) is 2. The molecule has 0 radical (unpaired) electrons. The van der Waals surface area contributed by atoms with E-state index in [1.807, 2.05) is 68.4 Å². The molecule has 50 heavy (non-hydrogen) atoms. The van der Waals surface area contributed by atoms with E-state index in [1.165, 1.54) is 6.07 Å². The van der Waals surface area contributed by atoms with Crippen molar-refractivity contribution in [1.29, 1.82) is 0 Å². The molecule has 0 spiro atoms. The van der Waals surface area contributed by atoms with Crippen molar-refractivity contribution < 1.29 is 27.9 Å². The molecule has 3 aromatic carbocycles. The van der Waals surface area contributed by atoms with Gasteiger partial charge in [-0.2, -0.15) is 0 Å². The molecular weight excluding hydrogens is 648 g/mol. The van der Waals surface area contributed by atoms with Gasteiger partial charge in [0.1, 0.15) is 5.82 Å². The Kier molecular flexibility index (Phi) is 13.8. The number of aryl methyl sites for hydroxylation is 1. The summed E-state index contributed by atoms with van der Waals surface area (Å²) in [6.07, 6.45) is 3.38. The molecule has 0 saturated carbocycles. The van der Waals surface area contributed by atoms with E-state index in [0.29, 0.717) is 37.4 Å². The topological polar surface area (TPSA) is 77.1 Å². The van der Waals surface area contributed by atoms with Crippen LogP contribution in [0.2, 0.25) is 18.1 Å². The second-order valence-electron chi connectivity index (χ2n) is 15.1.